The number of hydrogen-bond donors (Lipinski definition) is 15. The number of para-hydroxylation sites is 1. The van der Waals surface area contributed by atoms with Crippen molar-refractivity contribution in [2.45, 2.75) is 25.7 Å². The van der Waals surface area contributed by atoms with E-state index < -0.39 is 172 Å². The van der Waals surface area contributed by atoms with Crippen LogP contribution in [0.2, 0.25) is 0 Å². The van der Waals surface area contributed by atoms with Gasteiger partial charge in [-0.25, -0.2) is 43.2 Å². The lowest BCUT2D eigenvalue weighted by molar-refractivity contribution is -0.158. The SMILES string of the molecule is O=C(O)c1cc(O)c(O)c(O)c1.O=C(O)c1ccc(O)c(O)c1.O=C(O)c1ccc(O)cc1.O=C(O)c1ccccc1O.O=C1C=CC(=O)O1.O=C1CC(C2CC(=O)OC2=O)C(=O)O1.O=C1CCC(=O)O1.O=C1OC(=O)C2C1C1C(=O)OC(=O)C21.O=COc1cc(O)cc(C(=O)O)c1.O=COc1ccc(C(=O)O)cc1.O=COc1cccc(C(=O)O)c1. The van der Waals surface area contributed by atoms with E-state index in [0.29, 0.717) is 5.75 Å². The summed E-state index contributed by atoms with van der Waals surface area (Å²) in [5, 5.41) is 130. The molecule has 1 aliphatic carbocycles. The minimum atomic E-state index is -1.29. The third kappa shape index (κ3) is 29.9. The Kier molecular flexibility index (Phi) is 36.4. The number of phenols is 8. The zero-order valence-electron chi connectivity index (χ0n) is 60.9. The Morgan fingerprint density at radius 3 is 1.02 bits per heavy atom. The number of carboxylic acids is 7. The largest absolute Gasteiger partial charge is 0.508 e. The third-order valence-electron chi connectivity index (χ3n) is 15.3. The predicted octanol–water partition coefficient (Wildman–Crippen LogP) is 3.22. The molecule has 1 saturated carbocycles. The van der Waals surface area contributed by atoms with Crippen LogP contribution in [0.25, 0.3) is 0 Å². The molecule has 46 nitrogen and oxygen atoms in total. The van der Waals surface area contributed by atoms with Gasteiger partial charge in [0, 0.05) is 18.2 Å². The summed E-state index contributed by atoms with van der Waals surface area (Å²) in [5.74, 6) is -22.9. The second kappa shape index (κ2) is 45.9. The first-order chi connectivity index (χ1) is 57.4. The van der Waals surface area contributed by atoms with Gasteiger partial charge < -0.3 is 119 Å². The molecule has 122 heavy (non-hydrogen) atoms. The lowest BCUT2D eigenvalue weighted by Gasteiger charge is -2.33. The first kappa shape index (κ1) is 96.6. The van der Waals surface area contributed by atoms with E-state index in [2.05, 4.69) is 42.6 Å². The Morgan fingerprint density at radius 1 is 0.295 bits per heavy atom. The fourth-order valence-electron chi connectivity index (χ4n) is 9.69. The highest BCUT2D eigenvalue weighted by molar-refractivity contribution is 6.11. The first-order valence-corrected chi connectivity index (χ1v) is 32.9. The average molecular weight is 1710 g/mol. The molecule has 6 heterocycles. The molecule has 6 fully saturated rings. The molecule has 0 bridgehead atoms. The lowest BCUT2D eigenvalue weighted by Crippen LogP contribution is -2.50. The number of phenolic OH excluding ortho intramolecular Hbond substituents is 7. The van der Waals surface area contributed by atoms with E-state index in [1.54, 1.807) is 12.1 Å². The van der Waals surface area contributed by atoms with Crippen molar-refractivity contribution in [3.8, 4) is 63.2 Å². The summed E-state index contributed by atoms with van der Waals surface area (Å²) in [7, 11) is 0. The van der Waals surface area contributed by atoms with Crippen molar-refractivity contribution in [1.82, 2.24) is 0 Å². The summed E-state index contributed by atoms with van der Waals surface area (Å²) in [6, 6.07) is 30.8. The molecular weight excluding hydrogens is 1650 g/mol. The van der Waals surface area contributed by atoms with Crippen LogP contribution in [0.1, 0.15) is 98.2 Å². The zero-order valence-corrected chi connectivity index (χ0v) is 60.9. The molecule has 0 aromatic heterocycles. The fraction of sp³-hybridized carbons (Fsp3) is 0.132. The van der Waals surface area contributed by atoms with E-state index in [1.807, 2.05) is 0 Å². The van der Waals surface area contributed by atoms with Crippen molar-refractivity contribution in [3.05, 3.63) is 197 Å². The number of carbonyl (C=O) groups excluding carboxylic acids is 15. The maximum Gasteiger partial charge on any atom is 0.339 e. The Morgan fingerprint density at radius 2 is 0.672 bits per heavy atom. The van der Waals surface area contributed by atoms with E-state index in [1.165, 1.54) is 91.0 Å². The monoisotopic (exact) mass is 1710 g/mol. The molecule has 14 rings (SSSR count). The molecule has 0 radical (unpaired) electrons. The van der Waals surface area contributed by atoms with E-state index in [9.17, 15) is 105 Å². The highest BCUT2D eigenvalue weighted by Crippen LogP contribution is 2.55. The fourth-order valence-corrected chi connectivity index (χ4v) is 9.69. The molecule has 0 amide bonds. The van der Waals surface area contributed by atoms with Gasteiger partial charge in [-0.15, -0.1) is 0 Å². The van der Waals surface area contributed by atoms with Gasteiger partial charge in [-0.05, 0) is 121 Å². The van der Waals surface area contributed by atoms with Gasteiger partial charge in [0.05, 0.1) is 94.6 Å². The maximum absolute atomic E-state index is 11.1. The molecule has 7 aliphatic rings. The molecule has 6 aliphatic heterocycles. The van der Waals surface area contributed by atoms with Crippen LogP contribution >= 0.6 is 0 Å². The topological polar surface area (TPSA) is 762 Å². The van der Waals surface area contributed by atoms with Crippen LogP contribution in [0.15, 0.2) is 158 Å². The average Bonchev–Trinajstić information content (AvgIpc) is 1.54. The number of esters is 12. The van der Waals surface area contributed by atoms with Gasteiger partial charge in [-0.2, -0.15) is 0 Å². The lowest BCUT2D eigenvalue weighted by atomic mass is 9.59. The minimum absolute atomic E-state index is 0.00704. The third-order valence-corrected chi connectivity index (χ3v) is 15.3. The number of benzene rings is 7. The quantitative estimate of drug-likeness (QED) is 0.0244. The zero-order chi connectivity index (χ0) is 91.5. The van der Waals surface area contributed by atoms with Crippen LogP contribution in [0.4, 0.5) is 0 Å². The number of rotatable bonds is 14. The van der Waals surface area contributed by atoms with E-state index in [4.69, 9.17) is 76.6 Å². The van der Waals surface area contributed by atoms with Crippen molar-refractivity contribution >= 4 is 133 Å². The van der Waals surface area contributed by atoms with Crippen molar-refractivity contribution in [2.24, 2.45) is 35.5 Å². The highest BCUT2D eigenvalue weighted by Gasteiger charge is 2.73. The molecular formula is C76H58O46. The summed E-state index contributed by atoms with van der Waals surface area (Å²) in [5.41, 5.74) is -0.122. The van der Waals surface area contributed by atoms with Crippen LogP contribution in [-0.4, -0.2) is 209 Å². The number of carboxylic acid groups (broad SMARTS) is 7. The summed E-state index contributed by atoms with van der Waals surface area (Å²) in [4.78, 5) is 230. The van der Waals surface area contributed by atoms with Gasteiger partial charge in [0.15, 0.2) is 28.7 Å². The molecule has 7 aromatic carbocycles. The van der Waals surface area contributed by atoms with Crippen molar-refractivity contribution in [1.29, 1.82) is 0 Å². The van der Waals surface area contributed by atoms with Gasteiger partial charge in [0.2, 0.25) is 0 Å². The van der Waals surface area contributed by atoms with Crippen LogP contribution in [-0.2, 0) is 100 Å². The van der Waals surface area contributed by atoms with Crippen LogP contribution < -0.4 is 14.2 Å². The highest BCUT2D eigenvalue weighted by atomic mass is 16.6. The van der Waals surface area contributed by atoms with E-state index in [-0.39, 0.29) is 119 Å². The number of fused-ring (bicyclic) bond motifs is 4. The molecule has 0 spiro atoms. The molecule has 46 heteroatoms. The molecule has 7 aromatic rings. The normalized spacial score (nSPS) is 17.0. The van der Waals surface area contributed by atoms with E-state index >= 15 is 0 Å². The first-order valence-electron chi connectivity index (χ1n) is 32.9. The van der Waals surface area contributed by atoms with E-state index in [0.717, 1.165) is 54.6 Å². The summed E-state index contributed by atoms with van der Waals surface area (Å²) < 4.78 is 38.6. The number of carbonyl (C=O) groups is 22. The van der Waals surface area contributed by atoms with Gasteiger partial charge in [-0.1, -0.05) is 18.2 Å². The second-order valence-electron chi connectivity index (χ2n) is 23.4. The molecule has 638 valence electrons. The number of ether oxygens (including phenoxy) is 9. The smallest absolute Gasteiger partial charge is 0.339 e. The predicted molar refractivity (Wildman–Crippen MR) is 382 cm³/mol. The Bertz CT molecular complexity index is 5070. The van der Waals surface area contributed by atoms with Gasteiger partial charge >= 0.3 is 113 Å². The number of cyclic esters (lactones) is 12. The van der Waals surface area contributed by atoms with Gasteiger partial charge in [-0.3, -0.25) is 62.3 Å². The Balaban J connectivity index is 0.000000283. The Labute approximate surface area is 676 Å². The standard InChI is InChI=1S/C8H4O6.C8H6O6.C8H6O5.2C8H6O4.C7H6O5.C7H6O4.2C7H6O3.C4H4O3.C4H2O3/c9-5-1-2(6(10)13-5)4-3(1)7(11)14-8(4)12;9-5-1-3(7(11)13-5)4-2-6(10)14-8(4)12;9-4-13-7-2-5(8(11)12)1-6(10)3-7;9-5-12-7-3-1-6(2-4-7)8(10)11;9-5-12-7-3-1-2-6(4-7)8(10)11;8-4-1-3(7(11)12)2-5(9)6(4)10;8-5-2-1-4(7(10)11)3-6(5)9;8-6-3-1-5(2-4-6)7(9)10;8-6-4-2-1-3-5(6)7(9)10;2*5-3-1-2-4(6)7-3/h1-4H;3-4H,1-2H2;1-4,10H,(H,11,12);2*1-5H,(H,10,11);1-2,8-10H,(H,11,12);1-3,8-9H,(H,10,11);2*1-4,8H,(H,9,10);1-2H2;1-2H. The second-order valence-corrected chi connectivity index (χ2v) is 23.4. The van der Waals surface area contributed by atoms with Crippen molar-refractivity contribution in [2.75, 3.05) is 0 Å². The van der Waals surface area contributed by atoms with Crippen molar-refractivity contribution < 1.29 is 225 Å². The van der Waals surface area contributed by atoms with Crippen LogP contribution in [0.3, 0.4) is 0 Å². The molecule has 2 unspecified atom stereocenters. The molecule has 5 saturated heterocycles. The Hall–Kier alpha value is -17.8. The molecule has 15 N–H and O–H groups in total. The number of hydrogen-bond acceptors (Lipinski definition) is 39. The maximum atomic E-state index is 11.1. The van der Waals surface area contributed by atoms with Gasteiger partial charge in [0.1, 0.15) is 40.1 Å². The summed E-state index contributed by atoms with van der Waals surface area (Å²) in [6.45, 7) is 0.692. The number of aromatic hydroxyl groups is 8. The minimum Gasteiger partial charge on any atom is -0.508 e. The van der Waals surface area contributed by atoms with Crippen LogP contribution in [0, 0.1) is 35.5 Å². The number of aromatic carboxylic acids is 7. The molecule has 2 atom stereocenters. The van der Waals surface area contributed by atoms with Crippen LogP contribution in [0.5, 0.6) is 63.2 Å². The summed E-state index contributed by atoms with van der Waals surface area (Å²) >= 11 is 0. The van der Waals surface area contributed by atoms with Gasteiger partial charge in [0.25, 0.3) is 19.4 Å². The van der Waals surface area contributed by atoms with Crippen molar-refractivity contribution in [3.63, 3.8) is 0 Å². The summed E-state index contributed by atoms with van der Waals surface area (Å²) in [6.07, 6.45) is 2.40.